The molecule has 0 aliphatic carbocycles. The standard InChI is InChI=1S/C24H30N8O2/c1-31-7-5-16-18(6-9-31)27-23-21(16)25-11-19(28-23)34-13-14-12-32(2)8-4-15-17-10-26-24(33-3)30-22(17)29-20(14)15/h10-11,14H,4-9,12-13H2,1-3H3,(H,27,28)(H,26,29,30). The van der Waals surface area contributed by atoms with Gasteiger partial charge in [0.2, 0.25) is 5.88 Å². The van der Waals surface area contributed by atoms with Crippen molar-refractivity contribution in [1.82, 2.24) is 39.7 Å². The molecule has 1 unspecified atom stereocenters. The largest absolute Gasteiger partial charge is 0.476 e. The van der Waals surface area contributed by atoms with Crippen LogP contribution in [0.1, 0.15) is 28.4 Å². The normalized spacial score (nSPS) is 19.6. The van der Waals surface area contributed by atoms with Crippen LogP contribution in [0.25, 0.3) is 22.2 Å². The Balaban J connectivity index is 1.26. The average Bonchev–Trinajstić information content (AvgIpc) is 3.27. The Kier molecular flexibility index (Phi) is 5.34. The quantitative estimate of drug-likeness (QED) is 0.474. The van der Waals surface area contributed by atoms with Crippen LogP contribution in [-0.4, -0.2) is 93.7 Å². The molecule has 0 saturated heterocycles. The zero-order valence-electron chi connectivity index (χ0n) is 19.9. The molecule has 4 aromatic heterocycles. The third-order valence-electron chi connectivity index (χ3n) is 7.13. The first-order valence-electron chi connectivity index (χ1n) is 11.9. The molecule has 10 nitrogen and oxygen atoms in total. The van der Waals surface area contributed by atoms with Gasteiger partial charge in [-0.2, -0.15) is 9.97 Å². The molecule has 0 bridgehead atoms. The second-order valence-corrected chi connectivity index (χ2v) is 9.45. The van der Waals surface area contributed by atoms with E-state index in [1.165, 1.54) is 16.8 Å². The minimum Gasteiger partial charge on any atom is -0.476 e. The molecule has 2 N–H and O–H groups in total. The molecule has 2 aliphatic heterocycles. The van der Waals surface area contributed by atoms with Crippen molar-refractivity contribution in [3.63, 3.8) is 0 Å². The highest BCUT2D eigenvalue weighted by Crippen LogP contribution is 2.31. The Hall–Kier alpha value is -3.24. The van der Waals surface area contributed by atoms with Crippen LogP contribution in [0.2, 0.25) is 0 Å². The number of likely N-dealkylation sites (N-methyl/N-ethyl adjacent to an activating group) is 2. The van der Waals surface area contributed by atoms with Crippen LogP contribution in [0.4, 0.5) is 0 Å². The van der Waals surface area contributed by atoms with Gasteiger partial charge in [-0.3, -0.25) is 0 Å². The van der Waals surface area contributed by atoms with Crippen LogP contribution >= 0.6 is 0 Å². The summed E-state index contributed by atoms with van der Waals surface area (Å²) >= 11 is 0. The van der Waals surface area contributed by atoms with E-state index >= 15 is 0 Å². The molecule has 0 spiro atoms. The maximum Gasteiger partial charge on any atom is 0.318 e. The second-order valence-electron chi connectivity index (χ2n) is 9.45. The Morgan fingerprint density at radius 3 is 2.65 bits per heavy atom. The fourth-order valence-electron chi connectivity index (χ4n) is 5.24. The van der Waals surface area contributed by atoms with E-state index < -0.39 is 0 Å². The number of hydrogen-bond donors (Lipinski definition) is 2. The summed E-state index contributed by atoms with van der Waals surface area (Å²) in [6.45, 7) is 4.43. The molecule has 0 radical (unpaired) electrons. The Labute approximate surface area is 197 Å². The van der Waals surface area contributed by atoms with Crippen molar-refractivity contribution in [2.24, 2.45) is 0 Å². The van der Waals surface area contributed by atoms with Gasteiger partial charge in [0.15, 0.2) is 5.65 Å². The van der Waals surface area contributed by atoms with Gasteiger partial charge in [-0.25, -0.2) is 9.97 Å². The van der Waals surface area contributed by atoms with Gasteiger partial charge in [0.1, 0.15) is 11.2 Å². The Morgan fingerprint density at radius 1 is 0.941 bits per heavy atom. The third-order valence-corrected chi connectivity index (χ3v) is 7.13. The van der Waals surface area contributed by atoms with E-state index in [0.29, 0.717) is 18.5 Å². The summed E-state index contributed by atoms with van der Waals surface area (Å²) in [4.78, 5) is 30.0. The van der Waals surface area contributed by atoms with Crippen LogP contribution in [0.5, 0.6) is 11.9 Å². The fraction of sp³-hybridized carbons (Fsp3) is 0.500. The van der Waals surface area contributed by atoms with Crippen molar-refractivity contribution in [2.75, 3.05) is 54.0 Å². The summed E-state index contributed by atoms with van der Waals surface area (Å²) in [6.07, 6.45) is 6.53. The van der Waals surface area contributed by atoms with Crippen molar-refractivity contribution < 1.29 is 9.47 Å². The number of methoxy groups -OCH3 is 1. The van der Waals surface area contributed by atoms with E-state index in [-0.39, 0.29) is 5.92 Å². The predicted molar refractivity (Wildman–Crippen MR) is 129 cm³/mol. The molecule has 6 rings (SSSR count). The van der Waals surface area contributed by atoms with E-state index in [1.54, 1.807) is 13.3 Å². The number of rotatable bonds is 4. The number of fused-ring (bicyclic) bond motifs is 6. The highest BCUT2D eigenvalue weighted by atomic mass is 16.5. The van der Waals surface area contributed by atoms with Gasteiger partial charge in [-0.15, -0.1) is 0 Å². The van der Waals surface area contributed by atoms with E-state index in [9.17, 15) is 0 Å². The lowest BCUT2D eigenvalue weighted by atomic mass is 10.0. The molecule has 2 aliphatic rings. The Morgan fingerprint density at radius 2 is 1.76 bits per heavy atom. The summed E-state index contributed by atoms with van der Waals surface area (Å²) in [5.74, 6) is 0.697. The van der Waals surface area contributed by atoms with Crippen molar-refractivity contribution in [3.8, 4) is 11.9 Å². The molecule has 1 atom stereocenters. The van der Waals surface area contributed by atoms with Gasteiger partial charge < -0.3 is 29.2 Å². The number of aromatic nitrogens is 6. The van der Waals surface area contributed by atoms with Crippen molar-refractivity contribution >= 4 is 22.2 Å². The fourth-order valence-corrected chi connectivity index (χ4v) is 5.24. The lowest BCUT2D eigenvalue weighted by Crippen LogP contribution is -2.27. The summed E-state index contributed by atoms with van der Waals surface area (Å²) in [6, 6.07) is 0.369. The maximum atomic E-state index is 6.22. The summed E-state index contributed by atoms with van der Waals surface area (Å²) < 4.78 is 11.4. The third kappa shape index (κ3) is 3.76. The van der Waals surface area contributed by atoms with Gasteiger partial charge >= 0.3 is 6.01 Å². The molecule has 6 heterocycles. The number of nitrogens with one attached hydrogen (secondary N) is 2. The molecule has 0 saturated carbocycles. The summed E-state index contributed by atoms with van der Waals surface area (Å²) in [5, 5.41) is 1.05. The van der Waals surface area contributed by atoms with Crippen LogP contribution < -0.4 is 9.47 Å². The van der Waals surface area contributed by atoms with E-state index in [1.807, 2.05) is 6.20 Å². The predicted octanol–water partition coefficient (Wildman–Crippen LogP) is 1.92. The van der Waals surface area contributed by atoms with Crippen molar-refractivity contribution in [3.05, 3.63) is 34.9 Å². The lowest BCUT2D eigenvalue weighted by molar-refractivity contribution is 0.235. The first-order valence-corrected chi connectivity index (χ1v) is 11.9. The topological polar surface area (TPSA) is 108 Å². The highest BCUT2D eigenvalue weighted by molar-refractivity contribution is 5.81. The van der Waals surface area contributed by atoms with Crippen LogP contribution in [0.3, 0.4) is 0 Å². The molecule has 10 heteroatoms. The zero-order chi connectivity index (χ0) is 23.2. The Bertz CT molecular complexity index is 1350. The first kappa shape index (κ1) is 21.3. The minimum absolute atomic E-state index is 0.149. The molecule has 4 aromatic rings. The number of hydrogen-bond acceptors (Lipinski definition) is 8. The van der Waals surface area contributed by atoms with Crippen molar-refractivity contribution in [1.29, 1.82) is 0 Å². The summed E-state index contributed by atoms with van der Waals surface area (Å²) in [7, 11) is 5.90. The molecule has 178 valence electrons. The van der Waals surface area contributed by atoms with Gasteiger partial charge in [0, 0.05) is 67.1 Å². The van der Waals surface area contributed by atoms with Crippen molar-refractivity contribution in [2.45, 2.75) is 25.2 Å². The van der Waals surface area contributed by atoms with E-state index in [2.05, 4.69) is 43.8 Å². The number of ether oxygens (including phenoxy) is 2. The smallest absolute Gasteiger partial charge is 0.318 e. The highest BCUT2D eigenvalue weighted by Gasteiger charge is 2.27. The SMILES string of the molecule is COc1ncc2c3c([nH]c2n1)C(COc1cnc2c4c([nH]c2n1)CCN(C)CC4)CN(C)CC3. The average molecular weight is 463 g/mol. The second kappa shape index (κ2) is 8.52. The van der Waals surface area contributed by atoms with E-state index in [4.69, 9.17) is 19.4 Å². The lowest BCUT2D eigenvalue weighted by Gasteiger charge is -2.20. The molecule has 0 amide bonds. The monoisotopic (exact) mass is 462 g/mol. The first-order chi connectivity index (χ1) is 16.6. The number of H-pyrrole nitrogens is 2. The molecular formula is C24H30N8O2. The van der Waals surface area contributed by atoms with Gasteiger partial charge in [-0.05, 0) is 32.5 Å². The van der Waals surface area contributed by atoms with Crippen LogP contribution in [0.15, 0.2) is 12.4 Å². The van der Waals surface area contributed by atoms with Gasteiger partial charge in [0.25, 0.3) is 0 Å². The van der Waals surface area contributed by atoms with Crippen LogP contribution in [0, 0.1) is 0 Å². The molecule has 0 fully saturated rings. The molecule has 0 aromatic carbocycles. The van der Waals surface area contributed by atoms with Crippen LogP contribution in [-0.2, 0) is 19.3 Å². The number of nitrogens with zero attached hydrogens (tertiary/aromatic N) is 6. The zero-order valence-corrected chi connectivity index (χ0v) is 19.9. The molecular weight excluding hydrogens is 432 g/mol. The van der Waals surface area contributed by atoms with Gasteiger partial charge in [-0.1, -0.05) is 0 Å². The van der Waals surface area contributed by atoms with E-state index in [0.717, 1.165) is 73.3 Å². The minimum atomic E-state index is 0.149. The van der Waals surface area contributed by atoms with Gasteiger partial charge in [0.05, 0.1) is 19.9 Å². The molecule has 34 heavy (non-hydrogen) atoms. The maximum absolute atomic E-state index is 6.22. The number of aromatic amines is 2. The summed E-state index contributed by atoms with van der Waals surface area (Å²) in [5.41, 5.74) is 7.56.